The van der Waals surface area contributed by atoms with Gasteiger partial charge in [-0.1, -0.05) is 26.3 Å². The van der Waals surface area contributed by atoms with E-state index in [4.69, 9.17) is 0 Å². The van der Waals surface area contributed by atoms with Gasteiger partial charge in [0.15, 0.2) is 0 Å². The number of hydrogen-bond donors (Lipinski definition) is 2. The molecule has 8 heteroatoms. The lowest BCUT2D eigenvalue weighted by molar-refractivity contribution is -0.123. The summed E-state index contributed by atoms with van der Waals surface area (Å²) in [6.45, 7) is 8.40. The lowest BCUT2D eigenvalue weighted by Crippen LogP contribution is -2.42. The van der Waals surface area contributed by atoms with E-state index in [1.807, 2.05) is 6.92 Å². The van der Waals surface area contributed by atoms with Crippen LogP contribution in [0.25, 0.3) is 0 Å². The van der Waals surface area contributed by atoms with Crippen molar-refractivity contribution in [3.05, 3.63) is 29.3 Å². The van der Waals surface area contributed by atoms with Gasteiger partial charge in [0.25, 0.3) is 5.91 Å². The van der Waals surface area contributed by atoms with Gasteiger partial charge in [0.05, 0.1) is 4.90 Å². The van der Waals surface area contributed by atoms with E-state index in [0.717, 1.165) is 19.3 Å². The maximum atomic E-state index is 13.0. The number of aryl methyl sites for hydroxylation is 1. The van der Waals surface area contributed by atoms with E-state index in [0.29, 0.717) is 24.2 Å². The number of hydrogen-bond acceptors (Lipinski definition) is 4. The second-order valence-electron chi connectivity index (χ2n) is 7.64. The molecule has 1 fully saturated rings. The summed E-state index contributed by atoms with van der Waals surface area (Å²) in [7, 11) is -3.63. The van der Waals surface area contributed by atoms with E-state index in [2.05, 4.69) is 10.6 Å². The third kappa shape index (κ3) is 5.32. The Labute approximate surface area is 167 Å². The quantitative estimate of drug-likeness (QED) is 0.674. The zero-order valence-corrected chi connectivity index (χ0v) is 17.9. The number of nitrogens with zero attached hydrogens (tertiary/aromatic N) is 1. The minimum Gasteiger partial charge on any atom is -0.354 e. The molecule has 2 rings (SSSR count). The van der Waals surface area contributed by atoms with Gasteiger partial charge in [-0.3, -0.25) is 9.59 Å². The summed E-state index contributed by atoms with van der Waals surface area (Å²) < 4.78 is 27.6. The van der Waals surface area contributed by atoms with Crippen LogP contribution in [0, 0.1) is 12.8 Å². The summed E-state index contributed by atoms with van der Waals surface area (Å²) in [5.41, 5.74) is 1.04. The first kappa shape index (κ1) is 22.4. The van der Waals surface area contributed by atoms with Crippen LogP contribution in [0.4, 0.5) is 0 Å². The van der Waals surface area contributed by atoms with Crippen LogP contribution < -0.4 is 10.6 Å². The highest BCUT2D eigenvalue weighted by Gasteiger charge is 2.31. The number of carbonyl (C=O) groups excluding carboxylic acids is 2. The predicted octanol–water partition coefficient (Wildman–Crippen LogP) is 2.06. The van der Waals surface area contributed by atoms with Crippen molar-refractivity contribution in [1.29, 1.82) is 0 Å². The summed E-state index contributed by atoms with van der Waals surface area (Å²) in [5.74, 6) is -0.536. The lowest BCUT2D eigenvalue weighted by atomic mass is 10.1. The van der Waals surface area contributed by atoms with Gasteiger partial charge in [0.1, 0.15) is 0 Å². The van der Waals surface area contributed by atoms with Crippen LogP contribution in [0.15, 0.2) is 23.1 Å². The Kier molecular flexibility index (Phi) is 7.60. The first-order valence-electron chi connectivity index (χ1n) is 9.83. The largest absolute Gasteiger partial charge is 0.354 e. The van der Waals surface area contributed by atoms with Crippen LogP contribution >= 0.6 is 0 Å². The van der Waals surface area contributed by atoms with Crippen LogP contribution in [0.1, 0.15) is 56.0 Å². The molecule has 28 heavy (non-hydrogen) atoms. The summed E-state index contributed by atoms with van der Waals surface area (Å²) in [4.78, 5) is 24.2. The van der Waals surface area contributed by atoms with Crippen LogP contribution in [-0.4, -0.2) is 50.2 Å². The van der Waals surface area contributed by atoms with E-state index < -0.39 is 10.0 Å². The molecule has 1 heterocycles. The molecule has 0 bridgehead atoms. The molecule has 156 valence electrons. The Bertz CT molecular complexity index is 821. The van der Waals surface area contributed by atoms with Gasteiger partial charge in [-0.25, -0.2) is 8.42 Å². The van der Waals surface area contributed by atoms with E-state index in [1.165, 1.54) is 10.4 Å². The molecule has 0 unspecified atom stereocenters. The molecule has 1 atom stereocenters. The van der Waals surface area contributed by atoms with Crippen molar-refractivity contribution >= 4 is 21.8 Å². The first-order chi connectivity index (χ1) is 13.1. The van der Waals surface area contributed by atoms with Crippen molar-refractivity contribution in [3.8, 4) is 0 Å². The molecule has 1 aromatic carbocycles. The minimum atomic E-state index is -3.63. The topological polar surface area (TPSA) is 95.6 Å². The summed E-state index contributed by atoms with van der Waals surface area (Å²) in [6.07, 6.45) is 2.73. The number of carbonyl (C=O) groups is 2. The molecule has 1 aromatic rings. The lowest BCUT2D eigenvalue weighted by Gasteiger charge is -2.32. The number of amides is 2. The van der Waals surface area contributed by atoms with Gasteiger partial charge < -0.3 is 10.6 Å². The molecule has 1 saturated heterocycles. The highest BCUT2D eigenvalue weighted by molar-refractivity contribution is 7.89. The Morgan fingerprint density at radius 3 is 2.50 bits per heavy atom. The Morgan fingerprint density at radius 1 is 1.18 bits per heavy atom. The third-order valence-corrected chi connectivity index (χ3v) is 7.05. The molecule has 1 aliphatic rings. The molecular formula is C20H31N3O4S. The normalized spacial score (nSPS) is 18.1. The first-order valence-corrected chi connectivity index (χ1v) is 11.3. The van der Waals surface area contributed by atoms with E-state index in [-0.39, 0.29) is 35.2 Å². The molecule has 0 radical (unpaired) electrons. The number of benzene rings is 1. The van der Waals surface area contributed by atoms with Crippen molar-refractivity contribution in [2.24, 2.45) is 5.92 Å². The molecule has 0 spiro atoms. The standard InChI is InChI=1S/C20H31N3O4S/c1-14(2)19(24)21-10-11-22-20(25)18-13-17(9-8-15(18)3)28(26,27)23-12-6-5-7-16(23)4/h8-9,13-14,16H,5-7,10-12H2,1-4H3,(H,21,24)(H,22,25)/t16-/m1/s1. The van der Waals surface area contributed by atoms with Crippen molar-refractivity contribution in [1.82, 2.24) is 14.9 Å². The van der Waals surface area contributed by atoms with Crippen molar-refractivity contribution in [2.45, 2.75) is 57.9 Å². The van der Waals surface area contributed by atoms with Gasteiger partial charge >= 0.3 is 0 Å². The summed E-state index contributed by atoms with van der Waals surface area (Å²) in [6, 6.07) is 4.64. The zero-order valence-electron chi connectivity index (χ0n) is 17.1. The van der Waals surface area contributed by atoms with Crippen LogP contribution in [-0.2, 0) is 14.8 Å². The predicted molar refractivity (Wildman–Crippen MR) is 109 cm³/mol. The monoisotopic (exact) mass is 409 g/mol. The molecule has 7 nitrogen and oxygen atoms in total. The van der Waals surface area contributed by atoms with Crippen LogP contribution in [0.5, 0.6) is 0 Å². The van der Waals surface area contributed by atoms with Gasteiger partial charge in [-0.2, -0.15) is 4.31 Å². The van der Waals surface area contributed by atoms with E-state index >= 15 is 0 Å². The number of sulfonamides is 1. The van der Waals surface area contributed by atoms with Gasteiger partial charge in [0.2, 0.25) is 15.9 Å². The highest BCUT2D eigenvalue weighted by atomic mass is 32.2. The Morgan fingerprint density at radius 2 is 1.86 bits per heavy atom. The molecule has 0 saturated carbocycles. The van der Waals surface area contributed by atoms with E-state index in [9.17, 15) is 18.0 Å². The Balaban J connectivity index is 2.10. The average molecular weight is 410 g/mol. The van der Waals surface area contributed by atoms with Gasteiger partial charge in [-0.05, 0) is 44.4 Å². The molecule has 2 amide bonds. The van der Waals surface area contributed by atoms with Crippen molar-refractivity contribution in [2.75, 3.05) is 19.6 Å². The molecule has 2 N–H and O–H groups in total. The van der Waals surface area contributed by atoms with E-state index in [1.54, 1.807) is 32.9 Å². The number of rotatable bonds is 7. The smallest absolute Gasteiger partial charge is 0.251 e. The minimum absolute atomic E-state index is 0.0399. The zero-order chi connectivity index (χ0) is 20.9. The maximum absolute atomic E-state index is 13.0. The summed E-state index contributed by atoms with van der Waals surface area (Å²) in [5, 5.41) is 5.47. The van der Waals surface area contributed by atoms with Crippen molar-refractivity contribution < 1.29 is 18.0 Å². The summed E-state index contributed by atoms with van der Waals surface area (Å²) >= 11 is 0. The fourth-order valence-electron chi connectivity index (χ4n) is 3.23. The fraction of sp³-hybridized carbons (Fsp3) is 0.600. The van der Waals surface area contributed by atoms with Crippen LogP contribution in [0.3, 0.4) is 0 Å². The fourth-order valence-corrected chi connectivity index (χ4v) is 4.96. The molecular weight excluding hydrogens is 378 g/mol. The highest BCUT2D eigenvalue weighted by Crippen LogP contribution is 2.26. The second kappa shape index (κ2) is 9.52. The number of nitrogens with one attached hydrogen (secondary N) is 2. The second-order valence-corrected chi connectivity index (χ2v) is 9.53. The average Bonchev–Trinajstić information content (AvgIpc) is 2.65. The van der Waals surface area contributed by atoms with Crippen molar-refractivity contribution in [3.63, 3.8) is 0 Å². The van der Waals surface area contributed by atoms with Gasteiger partial charge in [-0.15, -0.1) is 0 Å². The maximum Gasteiger partial charge on any atom is 0.251 e. The van der Waals surface area contributed by atoms with Gasteiger partial charge in [0, 0.05) is 37.2 Å². The third-order valence-electron chi connectivity index (χ3n) is 5.04. The molecule has 0 aliphatic carbocycles. The SMILES string of the molecule is Cc1ccc(S(=O)(=O)N2CCCC[C@H]2C)cc1C(=O)NCCNC(=O)C(C)C. The number of piperidine rings is 1. The molecule has 1 aliphatic heterocycles. The molecule has 0 aromatic heterocycles. The van der Waals surface area contributed by atoms with Crippen LogP contribution in [0.2, 0.25) is 0 Å². The Hall–Kier alpha value is -1.93.